The molecule has 15 nitrogen and oxygen atoms in total. The summed E-state index contributed by atoms with van der Waals surface area (Å²) < 4.78 is 35.9. The van der Waals surface area contributed by atoms with E-state index in [9.17, 15) is 28.1 Å². The minimum Gasteiger partial charge on any atom is -0.455 e. The highest BCUT2D eigenvalue weighted by atomic mass is 35.5. The van der Waals surface area contributed by atoms with Crippen molar-refractivity contribution in [2.24, 2.45) is 5.41 Å². The average Bonchev–Trinajstić information content (AvgIpc) is 3.73. The number of halogens is 1. The molecule has 0 radical (unpaired) electrons. The van der Waals surface area contributed by atoms with Gasteiger partial charge in [0.1, 0.15) is 22.8 Å². The molecule has 17 heteroatoms. The molecule has 3 aliphatic rings. The summed E-state index contributed by atoms with van der Waals surface area (Å²) in [7, 11) is -4.59. The predicted octanol–water partition coefficient (Wildman–Crippen LogP) is 8.24. The Kier molecular flexibility index (Phi) is 12.5. The number of nitro benzene ring substituents is 1. The number of piperazine rings is 1. The van der Waals surface area contributed by atoms with Crippen molar-refractivity contribution in [1.82, 2.24) is 24.5 Å². The molecule has 3 aromatic carbocycles. The number of amides is 2. The molecular weight excluding hydrogens is 844 g/mol. The fraction of sp³-hybridized carbons (Fsp3) is 0.370. The van der Waals surface area contributed by atoms with Crippen molar-refractivity contribution in [2.75, 3.05) is 56.0 Å². The van der Waals surface area contributed by atoms with Crippen molar-refractivity contribution in [1.29, 1.82) is 0 Å². The first kappa shape index (κ1) is 43.7. The normalized spacial score (nSPS) is 17.5. The van der Waals surface area contributed by atoms with Gasteiger partial charge in [-0.15, -0.1) is 0 Å². The Bertz CT molecular complexity index is 2690. The third-order valence-corrected chi connectivity index (χ3v) is 13.9. The zero-order chi connectivity index (χ0) is 44.5. The van der Waals surface area contributed by atoms with Crippen LogP contribution >= 0.6 is 11.6 Å². The summed E-state index contributed by atoms with van der Waals surface area (Å²) in [6.07, 6.45) is 7.59. The lowest BCUT2D eigenvalue weighted by atomic mass is 9.72. The number of nitrogens with zero attached hydrogens (tertiary/aromatic N) is 5. The molecular formula is C46H51ClN8O7S. The van der Waals surface area contributed by atoms with Crippen molar-refractivity contribution in [3.63, 3.8) is 0 Å². The number of fused-ring (bicyclic) bond motifs is 1. The molecule has 63 heavy (non-hydrogen) atoms. The Labute approximate surface area is 371 Å². The van der Waals surface area contributed by atoms with Crippen LogP contribution in [0.2, 0.25) is 5.02 Å². The Morgan fingerprint density at radius 1 is 0.984 bits per heavy atom. The number of aromatic amines is 1. The number of aromatic nitrogens is 2. The van der Waals surface area contributed by atoms with Crippen molar-refractivity contribution < 1.29 is 27.7 Å². The van der Waals surface area contributed by atoms with Gasteiger partial charge in [-0.3, -0.25) is 24.6 Å². The molecule has 2 fully saturated rings. The summed E-state index contributed by atoms with van der Waals surface area (Å²) in [5.74, 6) is -0.553. The number of sulfonamides is 1. The molecule has 2 aromatic heterocycles. The lowest BCUT2D eigenvalue weighted by Gasteiger charge is -2.39. The van der Waals surface area contributed by atoms with Gasteiger partial charge in [-0.25, -0.2) is 18.1 Å². The van der Waals surface area contributed by atoms with Gasteiger partial charge in [-0.2, -0.15) is 0 Å². The SMILES string of the molecule is CC(=O)N1CCC(Nc2ccc(S(=O)(=O)NC(=O)c3ccc(N4CCN(CC5=C(c6ccc(Cl)cc6)CC(C)(C)CC5)CC4)cc3Oc3cnc4[nH]ccc4c3)cc2[N+](=O)[O-])CC1. The lowest BCUT2D eigenvalue weighted by Crippen LogP contribution is -2.47. The molecule has 8 rings (SSSR count). The van der Waals surface area contributed by atoms with E-state index in [0.29, 0.717) is 50.4 Å². The average molecular weight is 895 g/mol. The molecule has 5 aromatic rings. The Hall–Kier alpha value is -5.97. The highest BCUT2D eigenvalue weighted by Gasteiger charge is 2.31. The van der Waals surface area contributed by atoms with E-state index in [2.05, 4.69) is 55.8 Å². The number of pyridine rings is 1. The number of carbonyl (C=O) groups is 2. The number of allylic oxidation sites excluding steroid dienone is 1. The topological polar surface area (TPSA) is 183 Å². The van der Waals surface area contributed by atoms with Crippen LogP contribution in [0.5, 0.6) is 11.5 Å². The second-order valence-corrected chi connectivity index (χ2v) is 19.5. The maximum absolute atomic E-state index is 13.9. The van der Waals surface area contributed by atoms with E-state index in [-0.39, 0.29) is 34.4 Å². The van der Waals surface area contributed by atoms with Crippen LogP contribution in [-0.4, -0.2) is 96.8 Å². The standard InChI is InChI=1S/C46H51ClN8O7S/c1-30(56)53-18-14-35(15-19-53)50-41-11-9-38(26-42(41)55(58)59)63(60,61)51-45(57)39-10-8-36(25-43(39)62-37-24-32-13-17-48-44(32)49-28-37)54-22-20-52(21-23-54)29-33-12-16-46(2,3)27-40(33)31-4-6-34(47)7-5-31/h4-11,13,17,24-26,28,35,50H,12,14-16,18-23,27,29H2,1-3H3,(H,48,49)(H,51,57). The van der Waals surface area contributed by atoms with Crippen molar-refractivity contribution in [2.45, 2.75) is 63.8 Å². The van der Waals surface area contributed by atoms with Crippen molar-refractivity contribution in [3.8, 4) is 11.5 Å². The van der Waals surface area contributed by atoms with E-state index in [4.69, 9.17) is 16.3 Å². The molecule has 2 saturated heterocycles. The predicted molar refractivity (Wildman–Crippen MR) is 244 cm³/mol. The Morgan fingerprint density at radius 3 is 2.44 bits per heavy atom. The van der Waals surface area contributed by atoms with Crippen LogP contribution in [-0.2, 0) is 14.8 Å². The number of hydrogen-bond acceptors (Lipinski definition) is 11. The number of hydrogen-bond donors (Lipinski definition) is 3. The second-order valence-electron chi connectivity index (χ2n) is 17.4. The zero-order valence-electron chi connectivity index (χ0n) is 35.5. The summed E-state index contributed by atoms with van der Waals surface area (Å²) >= 11 is 6.24. The van der Waals surface area contributed by atoms with Gasteiger partial charge in [-0.1, -0.05) is 43.2 Å². The van der Waals surface area contributed by atoms with Gasteiger partial charge in [0.25, 0.3) is 21.6 Å². The third kappa shape index (κ3) is 10.1. The number of rotatable bonds is 12. The Balaban J connectivity index is 1.00. The summed E-state index contributed by atoms with van der Waals surface area (Å²) in [6, 6.07) is 20.1. The van der Waals surface area contributed by atoms with Crippen LogP contribution in [0.4, 0.5) is 17.1 Å². The summed E-state index contributed by atoms with van der Waals surface area (Å²) in [6.45, 7) is 11.1. The van der Waals surface area contributed by atoms with Gasteiger partial charge in [0.2, 0.25) is 5.91 Å². The van der Waals surface area contributed by atoms with Gasteiger partial charge in [0.05, 0.1) is 21.6 Å². The molecule has 4 heterocycles. The first-order valence-electron chi connectivity index (χ1n) is 21.2. The van der Waals surface area contributed by atoms with Crippen LogP contribution < -0.4 is 19.7 Å². The highest BCUT2D eigenvalue weighted by molar-refractivity contribution is 7.90. The molecule has 0 spiro atoms. The molecule has 1 aliphatic carbocycles. The van der Waals surface area contributed by atoms with E-state index < -0.39 is 31.4 Å². The molecule has 3 N–H and O–H groups in total. The number of piperidine rings is 1. The summed E-state index contributed by atoms with van der Waals surface area (Å²) in [5.41, 5.74) is 5.39. The smallest absolute Gasteiger partial charge is 0.293 e. The number of anilines is 2. The van der Waals surface area contributed by atoms with Crippen molar-refractivity contribution in [3.05, 3.63) is 117 Å². The molecule has 0 atom stereocenters. The number of ether oxygens (including phenoxy) is 1. The van der Waals surface area contributed by atoms with E-state index >= 15 is 0 Å². The van der Waals surface area contributed by atoms with Crippen LogP contribution in [0, 0.1) is 15.5 Å². The van der Waals surface area contributed by atoms with Gasteiger partial charge in [0, 0.05) is 93.2 Å². The van der Waals surface area contributed by atoms with Crippen LogP contribution in [0.3, 0.4) is 0 Å². The maximum Gasteiger partial charge on any atom is 0.293 e. The minimum atomic E-state index is -4.59. The van der Waals surface area contributed by atoms with Crippen molar-refractivity contribution >= 4 is 67.1 Å². The highest BCUT2D eigenvalue weighted by Crippen LogP contribution is 2.43. The molecule has 0 bridgehead atoms. The fourth-order valence-corrected chi connectivity index (χ4v) is 9.84. The van der Waals surface area contributed by atoms with Crippen LogP contribution in [0.1, 0.15) is 68.8 Å². The van der Waals surface area contributed by atoms with E-state index in [1.54, 1.807) is 29.3 Å². The molecule has 0 unspecified atom stereocenters. The third-order valence-electron chi connectivity index (χ3n) is 12.3. The zero-order valence-corrected chi connectivity index (χ0v) is 37.1. The number of nitrogens with one attached hydrogen (secondary N) is 3. The van der Waals surface area contributed by atoms with Gasteiger partial charge < -0.3 is 24.8 Å². The molecule has 2 aliphatic heterocycles. The minimum absolute atomic E-state index is 0.0348. The summed E-state index contributed by atoms with van der Waals surface area (Å²) in [5, 5.41) is 16.8. The van der Waals surface area contributed by atoms with E-state index in [1.165, 1.54) is 48.0 Å². The first-order valence-corrected chi connectivity index (χ1v) is 23.0. The monoisotopic (exact) mass is 894 g/mol. The number of benzene rings is 3. The lowest BCUT2D eigenvalue weighted by molar-refractivity contribution is -0.384. The number of carbonyl (C=O) groups excluding carboxylic acids is 2. The van der Waals surface area contributed by atoms with Crippen LogP contribution in [0.15, 0.2) is 95.7 Å². The molecule has 0 saturated carbocycles. The maximum atomic E-state index is 13.9. The largest absolute Gasteiger partial charge is 0.455 e. The van der Waals surface area contributed by atoms with Gasteiger partial charge in [-0.05, 0) is 97.2 Å². The van der Waals surface area contributed by atoms with E-state index in [1.807, 2.05) is 18.2 Å². The quantitative estimate of drug-likeness (QED) is 0.0810. The first-order chi connectivity index (χ1) is 30.1. The fourth-order valence-electron chi connectivity index (χ4n) is 8.73. The van der Waals surface area contributed by atoms with Gasteiger partial charge >= 0.3 is 0 Å². The van der Waals surface area contributed by atoms with Crippen LogP contribution in [0.25, 0.3) is 16.6 Å². The van der Waals surface area contributed by atoms with Gasteiger partial charge in [0.15, 0.2) is 0 Å². The number of H-pyrrole nitrogens is 1. The number of nitro groups is 1. The van der Waals surface area contributed by atoms with E-state index in [0.717, 1.165) is 61.1 Å². The summed E-state index contributed by atoms with van der Waals surface area (Å²) in [4.78, 5) is 50.6. The molecule has 2 amide bonds. The Morgan fingerprint density at radius 2 is 1.73 bits per heavy atom. The number of likely N-dealkylation sites (tertiary alicyclic amines) is 1. The molecule has 330 valence electrons. The second kappa shape index (κ2) is 18.0.